The summed E-state index contributed by atoms with van der Waals surface area (Å²) in [5.41, 5.74) is 0.0810. The fraction of sp³-hybridized carbons (Fsp3) is 0.417. The van der Waals surface area contributed by atoms with E-state index in [0.717, 1.165) is 22.5 Å². The van der Waals surface area contributed by atoms with Crippen molar-refractivity contribution in [2.45, 2.75) is 32.2 Å². The van der Waals surface area contributed by atoms with Crippen LogP contribution in [0.15, 0.2) is 45.3 Å². The molecular formula is C24H29BrN6O5S. The summed E-state index contributed by atoms with van der Waals surface area (Å²) in [7, 11) is -2.21. The number of amides is 1. The summed E-state index contributed by atoms with van der Waals surface area (Å²) in [6, 6.07) is 11.1. The van der Waals surface area contributed by atoms with Crippen LogP contribution in [0, 0.1) is 11.8 Å². The zero-order chi connectivity index (χ0) is 27.0. The van der Waals surface area contributed by atoms with Gasteiger partial charge >= 0.3 is 6.09 Å². The third-order valence-corrected chi connectivity index (χ3v) is 8.42. The molecule has 1 amide bonds. The van der Waals surface area contributed by atoms with Gasteiger partial charge in [0.15, 0.2) is 5.82 Å². The number of hydrogen-bond acceptors (Lipinski definition) is 8. The second kappa shape index (κ2) is 10.3. The van der Waals surface area contributed by atoms with Crippen LogP contribution in [0.1, 0.15) is 31.7 Å². The molecule has 3 N–H and O–H groups in total. The number of carbonyl (C=O) groups is 1. The minimum Gasteiger partial charge on any atom is -0.465 e. The Morgan fingerprint density at radius 1 is 1.30 bits per heavy atom. The fourth-order valence-corrected chi connectivity index (χ4v) is 5.22. The van der Waals surface area contributed by atoms with Crippen LogP contribution in [-0.2, 0) is 22.0 Å². The predicted octanol–water partition coefficient (Wildman–Crippen LogP) is 4.08. The lowest BCUT2D eigenvalue weighted by atomic mass is 9.93. The van der Waals surface area contributed by atoms with Gasteiger partial charge < -0.3 is 20.2 Å². The Kier molecular flexibility index (Phi) is 7.47. The number of rotatable bonds is 10. The number of pyridine rings is 1. The molecule has 1 fully saturated rings. The number of nitrogens with zero attached hydrogens (tertiary/aromatic N) is 4. The van der Waals surface area contributed by atoms with Crippen LogP contribution in [0.25, 0.3) is 11.5 Å². The van der Waals surface area contributed by atoms with E-state index in [0.29, 0.717) is 34.2 Å². The lowest BCUT2D eigenvalue weighted by Gasteiger charge is -2.25. The fourth-order valence-electron chi connectivity index (χ4n) is 4.02. The number of nitrogens with one attached hydrogen (secondary N) is 2. The standard InChI is InChI=1S/C24H29BrN6O5S/c1-14-10-16(14)13-26-18-11-17(19(25)20(27-18)31(3)37(4,34)35)21-29-30-22(36-21)24(2,28-23(32)33)12-15-8-6-5-7-9-15/h5-9,11,14,16,28H,10,12-13H2,1-4H3,(H,26,27)(H,32,33)/t14?,16?,24-/m1/s1. The molecule has 2 heterocycles. The minimum absolute atomic E-state index is 0.0665. The first kappa shape index (κ1) is 26.9. The van der Waals surface area contributed by atoms with Gasteiger partial charge in [-0.25, -0.2) is 18.2 Å². The van der Waals surface area contributed by atoms with Gasteiger partial charge in [-0.3, -0.25) is 4.31 Å². The highest BCUT2D eigenvalue weighted by Crippen LogP contribution is 2.40. The van der Waals surface area contributed by atoms with Gasteiger partial charge in [-0.05, 0) is 52.7 Å². The van der Waals surface area contributed by atoms with Crippen molar-refractivity contribution in [3.05, 3.63) is 52.3 Å². The maximum absolute atomic E-state index is 12.3. The van der Waals surface area contributed by atoms with Gasteiger partial charge in [0.05, 0.1) is 16.3 Å². The lowest BCUT2D eigenvalue weighted by Crippen LogP contribution is -2.44. The monoisotopic (exact) mass is 592 g/mol. The van der Waals surface area contributed by atoms with Crippen molar-refractivity contribution in [1.29, 1.82) is 0 Å². The van der Waals surface area contributed by atoms with Crippen LogP contribution in [-0.4, -0.2) is 54.6 Å². The third-order valence-electron chi connectivity index (χ3n) is 6.47. The van der Waals surface area contributed by atoms with E-state index in [1.807, 2.05) is 30.3 Å². The zero-order valence-corrected chi connectivity index (χ0v) is 23.3. The highest BCUT2D eigenvalue weighted by atomic mass is 79.9. The summed E-state index contributed by atoms with van der Waals surface area (Å²) in [6.07, 6.45) is 1.25. The summed E-state index contributed by atoms with van der Waals surface area (Å²) in [6.45, 7) is 4.54. The molecule has 11 nitrogen and oxygen atoms in total. The van der Waals surface area contributed by atoms with Crippen molar-refractivity contribution in [3.8, 4) is 11.5 Å². The first-order valence-corrected chi connectivity index (χ1v) is 14.3. The Labute approximate surface area is 223 Å². The maximum atomic E-state index is 12.3. The zero-order valence-electron chi connectivity index (χ0n) is 20.9. The topological polar surface area (TPSA) is 151 Å². The van der Waals surface area contributed by atoms with Gasteiger partial charge in [-0.2, -0.15) is 0 Å². The molecule has 0 aliphatic heterocycles. The number of benzene rings is 1. The van der Waals surface area contributed by atoms with E-state index in [2.05, 4.69) is 48.7 Å². The third kappa shape index (κ3) is 6.21. The first-order chi connectivity index (χ1) is 17.4. The molecule has 13 heteroatoms. The van der Waals surface area contributed by atoms with Crippen LogP contribution in [0.3, 0.4) is 0 Å². The van der Waals surface area contributed by atoms with Gasteiger partial charge in [0.1, 0.15) is 11.4 Å². The van der Waals surface area contributed by atoms with E-state index in [9.17, 15) is 18.3 Å². The second-order valence-corrected chi connectivity index (χ2v) is 12.4. The maximum Gasteiger partial charge on any atom is 0.405 e. The van der Waals surface area contributed by atoms with Gasteiger partial charge in [0.25, 0.3) is 0 Å². The SMILES string of the molecule is CC1CC1CNc1cc(-c2nnc([C@@](C)(Cc3ccccc3)NC(=O)O)o2)c(Br)c(N(C)S(C)(=O)=O)n1. The van der Waals surface area contributed by atoms with Gasteiger partial charge in [-0.15, -0.1) is 10.2 Å². The summed E-state index contributed by atoms with van der Waals surface area (Å²) in [5, 5.41) is 23.6. The molecule has 0 radical (unpaired) electrons. The molecular weight excluding hydrogens is 564 g/mol. The number of anilines is 2. The smallest absolute Gasteiger partial charge is 0.405 e. The normalized spacial score (nSPS) is 18.6. The molecule has 1 saturated carbocycles. The van der Waals surface area contributed by atoms with Crippen molar-refractivity contribution >= 4 is 43.7 Å². The highest BCUT2D eigenvalue weighted by molar-refractivity contribution is 9.10. The van der Waals surface area contributed by atoms with Crippen molar-refractivity contribution in [2.24, 2.45) is 11.8 Å². The Hall–Kier alpha value is -3.19. The van der Waals surface area contributed by atoms with Crippen molar-refractivity contribution in [3.63, 3.8) is 0 Å². The van der Waals surface area contributed by atoms with Crippen LogP contribution < -0.4 is 14.9 Å². The Morgan fingerprint density at radius 3 is 2.57 bits per heavy atom. The van der Waals surface area contributed by atoms with Gasteiger partial charge in [0, 0.05) is 20.0 Å². The summed E-state index contributed by atoms with van der Waals surface area (Å²) >= 11 is 3.47. The van der Waals surface area contributed by atoms with E-state index in [1.165, 1.54) is 7.05 Å². The molecule has 1 aromatic carbocycles. The molecule has 0 spiro atoms. The van der Waals surface area contributed by atoms with E-state index >= 15 is 0 Å². The Morgan fingerprint density at radius 2 is 1.97 bits per heavy atom. The van der Waals surface area contributed by atoms with E-state index in [1.54, 1.807) is 13.0 Å². The minimum atomic E-state index is -3.62. The van der Waals surface area contributed by atoms with Crippen LogP contribution in [0.5, 0.6) is 0 Å². The summed E-state index contributed by atoms with van der Waals surface area (Å²) in [5.74, 6) is 1.92. The molecule has 2 unspecified atom stereocenters. The van der Waals surface area contributed by atoms with Crippen molar-refractivity contribution < 1.29 is 22.7 Å². The van der Waals surface area contributed by atoms with E-state index in [-0.39, 0.29) is 24.0 Å². The van der Waals surface area contributed by atoms with Crippen molar-refractivity contribution in [2.75, 3.05) is 29.5 Å². The predicted molar refractivity (Wildman–Crippen MR) is 143 cm³/mol. The number of carboxylic acid groups (broad SMARTS) is 1. The molecule has 198 valence electrons. The average molecular weight is 594 g/mol. The molecule has 37 heavy (non-hydrogen) atoms. The largest absolute Gasteiger partial charge is 0.465 e. The molecule has 0 bridgehead atoms. The molecule has 3 aromatic rings. The molecule has 0 saturated heterocycles. The Bertz CT molecular complexity index is 1400. The van der Waals surface area contributed by atoms with Crippen LogP contribution in [0.4, 0.5) is 16.4 Å². The molecule has 1 aliphatic rings. The first-order valence-electron chi connectivity index (χ1n) is 11.6. The van der Waals surface area contributed by atoms with Crippen molar-refractivity contribution in [1.82, 2.24) is 20.5 Å². The Balaban J connectivity index is 1.74. The van der Waals surface area contributed by atoms with Crippen LogP contribution >= 0.6 is 15.9 Å². The number of aromatic nitrogens is 3. The molecule has 4 rings (SSSR count). The molecule has 2 aromatic heterocycles. The number of halogens is 1. The number of hydrogen-bond donors (Lipinski definition) is 3. The quantitative estimate of drug-likeness (QED) is 0.316. The lowest BCUT2D eigenvalue weighted by molar-refractivity contribution is 0.172. The second-order valence-electron chi connectivity index (χ2n) is 9.61. The number of sulfonamides is 1. The van der Waals surface area contributed by atoms with E-state index < -0.39 is 21.7 Å². The summed E-state index contributed by atoms with van der Waals surface area (Å²) < 4.78 is 32.0. The van der Waals surface area contributed by atoms with E-state index in [4.69, 9.17) is 4.42 Å². The van der Waals surface area contributed by atoms with Crippen LogP contribution in [0.2, 0.25) is 0 Å². The molecule has 1 aliphatic carbocycles. The highest BCUT2D eigenvalue weighted by Gasteiger charge is 2.36. The van der Waals surface area contributed by atoms with Gasteiger partial charge in [-0.1, -0.05) is 37.3 Å². The average Bonchev–Trinajstić information content (AvgIpc) is 3.30. The van der Waals surface area contributed by atoms with Gasteiger partial charge in [0.2, 0.25) is 21.8 Å². The molecule has 3 atom stereocenters. The summed E-state index contributed by atoms with van der Waals surface area (Å²) in [4.78, 5) is 16.1.